The van der Waals surface area contributed by atoms with Gasteiger partial charge in [-0.2, -0.15) is 0 Å². The zero-order valence-electron chi connectivity index (χ0n) is 18.8. The van der Waals surface area contributed by atoms with Crippen LogP contribution in [-0.2, 0) is 4.79 Å². The second kappa shape index (κ2) is 8.91. The van der Waals surface area contributed by atoms with Crippen molar-refractivity contribution in [2.45, 2.75) is 24.9 Å². The van der Waals surface area contributed by atoms with E-state index in [0.29, 0.717) is 12.2 Å². The summed E-state index contributed by atoms with van der Waals surface area (Å²) >= 11 is 0. The Kier molecular flexibility index (Phi) is 5.79. The molecule has 0 radical (unpaired) electrons. The van der Waals surface area contributed by atoms with Gasteiger partial charge in [-0.05, 0) is 47.9 Å². The highest BCUT2D eigenvalue weighted by Gasteiger charge is 2.54. The number of fused-ring (bicyclic) bond motifs is 1. The number of amides is 3. The second-order valence-electron chi connectivity index (χ2n) is 8.95. The highest BCUT2D eigenvalue weighted by molar-refractivity contribution is 5.93. The SMILES string of the molecule is Cc1ccc(-c2ccc([C@@H]3[C@H](CO)N4C(=O)CN(C(=O)Nc5ccc(F)cc5)C[C@@H]34)cc2)cc1. The number of hydrogen-bond donors (Lipinski definition) is 2. The highest BCUT2D eigenvalue weighted by Crippen LogP contribution is 2.43. The van der Waals surface area contributed by atoms with Crippen LogP contribution >= 0.6 is 0 Å². The number of hydrogen-bond acceptors (Lipinski definition) is 3. The predicted octanol–water partition coefficient (Wildman–Crippen LogP) is 4.00. The monoisotopic (exact) mass is 459 g/mol. The minimum Gasteiger partial charge on any atom is -0.394 e. The molecular weight excluding hydrogens is 433 g/mol. The zero-order valence-corrected chi connectivity index (χ0v) is 18.8. The summed E-state index contributed by atoms with van der Waals surface area (Å²) in [5.74, 6) is -0.637. The number of urea groups is 1. The molecule has 2 N–H and O–H groups in total. The number of carbonyl (C=O) groups is 2. The van der Waals surface area contributed by atoms with Gasteiger partial charge < -0.3 is 20.2 Å². The van der Waals surface area contributed by atoms with Crippen molar-refractivity contribution in [2.75, 3.05) is 25.0 Å². The highest BCUT2D eigenvalue weighted by atomic mass is 19.1. The number of benzene rings is 3. The quantitative estimate of drug-likeness (QED) is 0.619. The van der Waals surface area contributed by atoms with Gasteiger partial charge in [0.25, 0.3) is 0 Å². The molecule has 0 unspecified atom stereocenters. The van der Waals surface area contributed by atoms with Gasteiger partial charge in [-0.25, -0.2) is 9.18 Å². The number of nitrogens with zero attached hydrogens (tertiary/aromatic N) is 2. The van der Waals surface area contributed by atoms with E-state index in [1.54, 1.807) is 4.90 Å². The average Bonchev–Trinajstić information content (AvgIpc) is 2.83. The van der Waals surface area contributed by atoms with Crippen LogP contribution in [-0.4, -0.2) is 58.6 Å². The van der Waals surface area contributed by atoms with Crippen molar-refractivity contribution in [2.24, 2.45) is 0 Å². The molecule has 34 heavy (non-hydrogen) atoms. The Balaban J connectivity index is 1.33. The van der Waals surface area contributed by atoms with Gasteiger partial charge in [0.2, 0.25) is 5.91 Å². The van der Waals surface area contributed by atoms with Crippen molar-refractivity contribution in [1.82, 2.24) is 9.80 Å². The van der Waals surface area contributed by atoms with Crippen LogP contribution in [0.25, 0.3) is 11.1 Å². The molecular formula is C27H26FN3O3. The average molecular weight is 460 g/mol. The number of halogens is 1. The Morgan fingerprint density at radius 1 is 1.00 bits per heavy atom. The van der Waals surface area contributed by atoms with Crippen LogP contribution in [0.4, 0.5) is 14.9 Å². The number of aliphatic hydroxyl groups excluding tert-OH is 1. The molecule has 3 aromatic carbocycles. The number of anilines is 1. The molecule has 3 aromatic rings. The molecule has 0 spiro atoms. The number of carbonyl (C=O) groups excluding carboxylic acids is 2. The summed E-state index contributed by atoms with van der Waals surface area (Å²) in [6, 6.07) is 21.1. The summed E-state index contributed by atoms with van der Waals surface area (Å²) < 4.78 is 13.2. The summed E-state index contributed by atoms with van der Waals surface area (Å²) in [5.41, 5.74) is 4.93. The van der Waals surface area contributed by atoms with Crippen molar-refractivity contribution in [1.29, 1.82) is 0 Å². The van der Waals surface area contributed by atoms with Crippen LogP contribution < -0.4 is 5.32 Å². The van der Waals surface area contributed by atoms with Crippen molar-refractivity contribution in [3.8, 4) is 11.1 Å². The molecule has 7 heteroatoms. The largest absolute Gasteiger partial charge is 0.394 e. The summed E-state index contributed by atoms with van der Waals surface area (Å²) in [4.78, 5) is 28.8. The van der Waals surface area contributed by atoms with Gasteiger partial charge in [0.05, 0.1) is 18.7 Å². The van der Waals surface area contributed by atoms with Crippen molar-refractivity contribution < 1.29 is 19.1 Å². The maximum absolute atomic E-state index is 13.2. The van der Waals surface area contributed by atoms with Gasteiger partial charge in [0, 0.05) is 18.2 Å². The van der Waals surface area contributed by atoms with E-state index >= 15 is 0 Å². The molecule has 0 saturated carbocycles. The number of aliphatic hydroxyl groups is 1. The Hall–Kier alpha value is -3.71. The van der Waals surface area contributed by atoms with Gasteiger partial charge in [0.1, 0.15) is 12.4 Å². The molecule has 3 atom stereocenters. The molecule has 2 aliphatic heterocycles. The third-order valence-corrected chi connectivity index (χ3v) is 6.82. The van der Waals surface area contributed by atoms with Crippen LogP contribution in [0.15, 0.2) is 72.8 Å². The molecule has 174 valence electrons. The smallest absolute Gasteiger partial charge is 0.322 e. The number of rotatable bonds is 4. The molecule has 2 heterocycles. The maximum atomic E-state index is 13.2. The topological polar surface area (TPSA) is 72.9 Å². The lowest BCUT2D eigenvalue weighted by molar-refractivity contribution is -0.159. The van der Waals surface area contributed by atoms with Gasteiger partial charge in [-0.1, -0.05) is 54.1 Å². The normalized spacial score (nSPS) is 21.6. The van der Waals surface area contributed by atoms with E-state index in [0.717, 1.165) is 16.7 Å². The van der Waals surface area contributed by atoms with E-state index in [4.69, 9.17) is 0 Å². The third kappa shape index (κ3) is 4.03. The molecule has 2 aliphatic rings. The Morgan fingerprint density at radius 3 is 2.24 bits per heavy atom. The first-order valence-electron chi connectivity index (χ1n) is 11.3. The lowest BCUT2D eigenvalue weighted by atomic mass is 9.73. The number of nitrogens with one attached hydrogen (secondary N) is 1. The van der Waals surface area contributed by atoms with Crippen molar-refractivity contribution in [3.63, 3.8) is 0 Å². The first-order chi connectivity index (χ1) is 16.4. The van der Waals surface area contributed by atoms with Crippen LogP contribution in [0, 0.1) is 12.7 Å². The molecule has 0 bridgehead atoms. The Labute approximate surface area is 197 Å². The summed E-state index contributed by atoms with van der Waals surface area (Å²) in [5, 5.41) is 12.7. The first kappa shape index (κ1) is 22.1. The first-order valence-corrected chi connectivity index (χ1v) is 11.3. The fraction of sp³-hybridized carbons (Fsp3) is 0.259. The van der Waals surface area contributed by atoms with Gasteiger partial charge in [-0.3, -0.25) is 4.79 Å². The van der Waals surface area contributed by atoms with E-state index in [1.807, 2.05) is 12.1 Å². The second-order valence-corrected chi connectivity index (χ2v) is 8.95. The van der Waals surface area contributed by atoms with Gasteiger partial charge in [-0.15, -0.1) is 0 Å². The van der Waals surface area contributed by atoms with E-state index in [9.17, 15) is 19.1 Å². The standard InChI is InChI=1S/C27H26FN3O3/c1-17-2-4-18(5-3-17)19-6-8-20(9-7-19)26-23-14-30(15-25(33)31(23)24(26)16-32)27(34)29-22-12-10-21(28)11-13-22/h2-13,23-24,26,32H,14-16H2,1H3,(H,29,34)/t23-,24-,26-/m0/s1. The van der Waals surface area contributed by atoms with Crippen LogP contribution in [0.3, 0.4) is 0 Å². The molecule has 6 nitrogen and oxygen atoms in total. The van der Waals surface area contributed by atoms with E-state index in [-0.39, 0.29) is 42.9 Å². The summed E-state index contributed by atoms with van der Waals surface area (Å²) in [6.07, 6.45) is 0. The minimum absolute atomic E-state index is 0.0564. The summed E-state index contributed by atoms with van der Waals surface area (Å²) in [6.45, 7) is 2.23. The lowest BCUT2D eigenvalue weighted by Gasteiger charge is -2.58. The molecule has 3 amide bonds. The lowest BCUT2D eigenvalue weighted by Crippen LogP contribution is -2.73. The maximum Gasteiger partial charge on any atom is 0.322 e. The Bertz CT molecular complexity index is 1200. The van der Waals surface area contributed by atoms with Crippen molar-refractivity contribution in [3.05, 3.63) is 89.7 Å². The van der Waals surface area contributed by atoms with E-state index in [2.05, 4.69) is 48.6 Å². The Morgan fingerprint density at radius 2 is 1.62 bits per heavy atom. The predicted molar refractivity (Wildman–Crippen MR) is 128 cm³/mol. The van der Waals surface area contributed by atoms with Gasteiger partial charge in [0.15, 0.2) is 0 Å². The van der Waals surface area contributed by atoms with Crippen LogP contribution in [0.2, 0.25) is 0 Å². The number of piperazine rings is 1. The molecule has 0 aromatic heterocycles. The van der Waals surface area contributed by atoms with E-state index in [1.165, 1.54) is 34.7 Å². The van der Waals surface area contributed by atoms with Crippen LogP contribution in [0.5, 0.6) is 0 Å². The molecule has 0 aliphatic carbocycles. The fourth-order valence-corrected chi connectivity index (χ4v) is 5.03. The van der Waals surface area contributed by atoms with Crippen LogP contribution in [0.1, 0.15) is 17.0 Å². The third-order valence-electron chi connectivity index (χ3n) is 6.82. The molecule has 2 fully saturated rings. The zero-order chi connectivity index (χ0) is 23.8. The minimum atomic E-state index is -0.402. The van der Waals surface area contributed by atoms with E-state index < -0.39 is 6.03 Å². The number of aryl methyl sites for hydroxylation is 1. The van der Waals surface area contributed by atoms with Gasteiger partial charge >= 0.3 is 6.03 Å². The summed E-state index contributed by atoms with van der Waals surface area (Å²) in [7, 11) is 0. The molecule has 2 saturated heterocycles. The molecule has 5 rings (SSSR count). The van der Waals surface area contributed by atoms with Crippen molar-refractivity contribution >= 4 is 17.6 Å². The fourth-order valence-electron chi connectivity index (χ4n) is 5.03.